The van der Waals surface area contributed by atoms with Crippen molar-refractivity contribution in [2.45, 2.75) is 31.4 Å². The number of fused-ring (bicyclic) bond motifs is 2. The first-order valence-corrected chi connectivity index (χ1v) is 6.74. The average molecular weight is 325 g/mol. The Morgan fingerprint density at radius 1 is 1.32 bits per heavy atom. The normalized spacial score (nSPS) is 27.5. The number of benzene rings is 1. The van der Waals surface area contributed by atoms with E-state index in [1.165, 1.54) is 0 Å². The molecule has 1 aromatic carbocycles. The van der Waals surface area contributed by atoms with Crippen molar-refractivity contribution in [3.05, 3.63) is 28.2 Å². The molecule has 1 fully saturated rings. The van der Waals surface area contributed by atoms with Crippen LogP contribution in [0.5, 0.6) is 5.75 Å². The van der Waals surface area contributed by atoms with Crippen LogP contribution >= 0.6 is 15.9 Å². The number of urea groups is 1. The van der Waals surface area contributed by atoms with Crippen molar-refractivity contribution in [2.24, 2.45) is 0 Å². The predicted molar refractivity (Wildman–Crippen MR) is 71.8 cm³/mol. The van der Waals surface area contributed by atoms with Gasteiger partial charge in [0.05, 0.1) is 0 Å². The largest absolute Gasteiger partial charge is 0.487 e. The van der Waals surface area contributed by atoms with E-state index in [1.807, 2.05) is 26.0 Å². The van der Waals surface area contributed by atoms with Gasteiger partial charge in [0.2, 0.25) is 0 Å². The Hall–Kier alpha value is -1.56. The van der Waals surface area contributed by atoms with E-state index in [0.29, 0.717) is 17.7 Å². The van der Waals surface area contributed by atoms with Gasteiger partial charge in [0, 0.05) is 16.5 Å². The molecule has 3 amide bonds. The van der Waals surface area contributed by atoms with E-state index >= 15 is 0 Å². The molecule has 0 saturated carbocycles. The van der Waals surface area contributed by atoms with Gasteiger partial charge in [-0.05, 0) is 32.0 Å². The lowest BCUT2D eigenvalue weighted by Crippen LogP contribution is -2.53. The summed E-state index contributed by atoms with van der Waals surface area (Å²) in [4.78, 5) is 23.8. The molecular weight excluding hydrogens is 312 g/mol. The molecule has 2 heterocycles. The van der Waals surface area contributed by atoms with Crippen LogP contribution in [0.4, 0.5) is 4.79 Å². The predicted octanol–water partition coefficient (Wildman–Crippen LogP) is 2.04. The van der Waals surface area contributed by atoms with Crippen molar-refractivity contribution in [2.75, 3.05) is 0 Å². The molecule has 1 aromatic rings. The number of carbonyl (C=O) groups is 2. The molecule has 0 unspecified atom stereocenters. The van der Waals surface area contributed by atoms with Gasteiger partial charge in [0.1, 0.15) is 11.4 Å². The molecule has 6 heteroatoms. The maximum Gasteiger partial charge on any atom is 0.322 e. The highest BCUT2D eigenvalue weighted by Gasteiger charge is 2.55. The number of hydrogen-bond acceptors (Lipinski definition) is 3. The molecule has 1 spiro atoms. The molecule has 5 nitrogen and oxygen atoms in total. The number of carbonyl (C=O) groups excluding carboxylic acids is 2. The third-order valence-corrected chi connectivity index (χ3v) is 3.91. The molecule has 0 bridgehead atoms. The molecular formula is C13H13BrN2O3. The molecule has 100 valence electrons. The summed E-state index contributed by atoms with van der Waals surface area (Å²) in [6.45, 7) is 3.80. The van der Waals surface area contributed by atoms with Gasteiger partial charge in [-0.1, -0.05) is 15.9 Å². The zero-order valence-electron chi connectivity index (χ0n) is 10.5. The summed E-state index contributed by atoms with van der Waals surface area (Å²) in [7, 11) is 0. The summed E-state index contributed by atoms with van der Waals surface area (Å²) in [6, 6.07) is 5.01. The minimum atomic E-state index is -1.04. The highest BCUT2D eigenvalue weighted by Crippen LogP contribution is 2.45. The fourth-order valence-corrected chi connectivity index (χ4v) is 3.16. The lowest BCUT2D eigenvalue weighted by atomic mass is 9.77. The smallest absolute Gasteiger partial charge is 0.322 e. The van der Waals surface area contributed by atoms with Crippen LogP contribution in [0.15, 0.2) is 22.7 Å². The van der Waals surface area contributed by atoms with Crippen molar-refractivity contribution < 1.29 is 14.3 Å². The summed E-state index contributed by atoms with van der Waals surface area (Å²) in [5.41, 5.74) is -0.891. The lowest BCUT2D eigenvalue weighted by molar-refractivity contribution is -0.127. The Balaban J connectivity index is 2.23. The van der Waals surface area contributed by atoms with Gasteiger partial charge in [-0.15, -0.1) is 0 Å². The third kappa shape index (κ3) is 1.82. The Bertz CT molecular complexity index is 600. The number of rotatable bonds is 0. The van der Waals surface area contributed by atoms with Crippen LogP contribution in [-0.2, 0) is 10.3 Å². The van der Waals surface area contributed by atoms with Gasteiger partial charge in [-0.2, -0.15) is 0 Å². The fourth-order valence-electron chi connectivity index (χ4n) is 2.80. The second-order valence-electron chi connectivity index (χ2n) is 5.49. The SMILES string of the molecule is CC1(C)C[C@]2(NC(=O)NC2=O)c2cc(Br)ccc2O1. The van der Waals surface area contributed by atoms with Gasteiger partial charge in [-0.3, -0.25) is 10.1 Å². The molecule has 0 aromatic heterocycles. The minimum Gasteiger partial charge on any atom is -0.487 e. The molecule has 1 atom stereocenters. The van der Waals surface area contributed by atoms with E-state index in [1.54, 1.807) is 6.07 Å². The molecule has 0 aliphatic carbocycles. The zero-order valence-corrected chi connectivity index (χ0v) is 12.1. The van der Waals surface area contributed by atoms with Crippen LogP contribution in [0.1, 0.15) is 25.8 Å². The highest BCUT2D eigenvalue weighted by molar-refractivity contribution is 9.10. The minimum absolute atomic E-state index is 0.326. The quantitative estimate of drug-likeness (QED) is 0.718. The summed E-state index contributed by atoms with van der Waals surface area (Å²) < 4.78 is 6.73. The molecule has 0 radical (unpaired) electrons. The van der Waals surface area contributed by atoms with Gasteiger partial charge in [0.25, 0.3) is 5.91 Å². The van der Waals surface area contributed by atoms with Gasteiger partial charge in [-0.25, -0.2) is 4.79 Å². The highest BCUT2D eigenvalue weighted by atomic mass is 79.9. The standard InChI is InChI=1S/C13H13BrN2O3/c1-12(2)6-13(10(17)15-11(18)16-13)8-5-7(14)3-4-9(8)19-12/h3-5H,6H2,1-2H3,(H2,15,16,17,18)/t13-/m0/s1. The van der Waals surface area contributed by atoms with Crippen LogP contribution in [0.3, 0.4) is 0 Å². The number of halogens is 1. The molecule has 2 aliphatic rings. The fraction of sp³-hybridized carbons (Fsp3) is 0.385. The Labute approximate surface area is 118 Å². The first-order valence-electron chi connectivity index (χ1n) is 5.95. The van der Waals surface area contributed by atoms with E-state index in [9.17, 15) is 9.59 Å². The first kappa shape index (κ1) is 12.5. The molecule has 2 aliphatic heterocycles. The average Bonchev–Trinajstić information content (AvgIpc) is 2.54. The van der Waals surface area contributed by atoms with Crippen LogP contribution in [0.25, 0.3) is 0 Å². The summed E-state index contributed by atoms with van der Waals surface area (Å²) >= 11 is 3.38. The topological polar surface area (TPSA) is 67.4 Å². The molecule has 2 N–H and O–H groups in total. The van der Waals surface area contributed by atoms with E-state index in [2.05, 4.69) is 26.6 Å². The van der Waals surface area contributed by atoms with Crippen molar-refractivity contribution >= 4 is 27.9 Å². The Morgan fingerprint density at radius 2 is 2.05 bits per heavy atom. The first-order chi connectivity index (χ1) is 8.82. The van der Waals surface area contributed by atoms with Gasteiger partial charge >= 0.3 is 6.03 Å². The number of amides is 3. The number of imide groups is 1. The van der Waals surface area contributed by atoms with Crippen LogP contribution in [-0.4, -0.2) is 17.5 Å². The maximum atomic E-state index is 12.3. The van der Waals surface area contributed by atoms with Gasteiger partial charge in [0.15, 0.2) is 5.54 Å². The third-order valence-electron chi connectivity index (χ3n) is 3.42. The van der Waals surface area contributed by atoms with Crippen LogP contribution < -0.4 is 15.4 Å². The lowest BCUT2D eigenvalue weighted by Gasteiger charge is -2.42. The van der Waals surface area contributed by atoms with E-state index in [0.717, 1.165) is 4.47 Å². The number of ether oxygens (including phenoxy) is 1. The Morgan fingerprint density at radius 3 is 2.68 bits per heavy atom. The molecule has 1 saturated heterocycles. The van der Waals surface area contributed by atoms with Crippen molar-refractivity contribution in [3.63, 3.8) is 0 Å². The zero-order chi connectivity index (χ0) is 13.8. The summed E-state index contributed by atoms with van der Waals surface area (Å²) in [6.07, 6.45) is 0.390. The van der Waals surface area contributed by atoms with Crippen molar-refractivity contribution in [1.82, 2.24) is 10.6 Å². The Kier molecular flexibility index (Phi) is 2.44. The van der Waals surface area contributed by atoms with E-state index in [-0.39, 0.29) is 5.91 Å². The van der Waals surface area contributed by atoms with Crippen molar-refractivity contribution in [3.8, 4) is 5.75 Å². The summed E-state index contributed by atoms with van der Waals surface area (Å²) in [5, 5.41) is 5.07. The number of nitrogens with one attached hydrogen (secondary N) is 2. The molecule has 19 heavy (non-hydrogen) atoms. The van der Waals surface area contributed by atoms with Crippen molar-refractivity contribution in [1.29, 1.82) is 0 Å². The second kappa shape index (κ2) is 3.72. The monoisotopic (exact) mass is 324 g/mol. The molecule has 3 rings (SSSR count). The van der Waals surface area contributed by atoms with Crippen LogP contribution in [0.2, 0.25) is 0 Å². The summed E-state index contributed by atoms with van der Waals surface area (Å²) in [5.74, 6) is 0.296. The van der Waals surface area contributed by atoms with Crippen LogP contribution in [0, 0.1) is 0 Å². The maximum absolute atomic E-state index is 12.3. The van der Waals surface area contributed by atoms with Gasteiger partial charge < -0.3 is 10.1 Å². The number of hydrogen-bond donors (Lipinski definition) is 2. The van der Waals surface area contributed by atoms with E-state index in [4.69, 9.17) is 4.74 Å². The second-order valence-corrected chi connectivity index (χ2v) is 6.41. The van der Waals surface area contributed by atoms with E-state index < -0.39 is 17.2 Å².